The van der Waals surface area contributed by atoms with Crippen molar-refractivity contribution in [3.8, 4) is 17.2 Å². The lowest BCUT2D eigenvalue weighted by Crippen LogP contribution is -2.48. The van der Waals surface area contributed by atoms with Crippen LogP contribution in [0.4, 0.5) is 5.82 Å². The number of hydrogen-bond acceptors (Lipinski definition) is 8. The summed E-state index contributed by atoms with van der Waals surface area (Å²) in [5.41, 5.74) is 2.15. The third-order valence-electron chi connectivity index (χ3n) is 7.86. The molecule has 10 nitrogen and oxygen atoms in total. The highest BCUT2D eigenvalue weighted by molar-refractivity contribution is 5.95. The van der Waals surface area contributed by atoms with Gasteiger partial charge in [-0.2, -0.15) is 0 Å². The van der Waals surface area contributed by atoms with Gasteiger partial charge in [-0.3, -0.25) is 9.59 Å². The predicted octanol–water partition coefficient (Wildman–Crippen LogP) is 3.75. The summed E-state index contributed by atoms with van der Waals surface area (Å²) in [5, 5.41) is 0.807. The molecule has 2 aliphatic rings. The van der Waals surface area contributed by atoms with Crippen LogP contribution in [0.15, 0.2) is 42.5 Å². The van der Waals surface area contributed by atoms with Gasteiger partial charge in [0.2, 0.25) is 5.91 Å². The van der Waals surface area contributed by atoms with Crippen molar-refractivity contribution >= 4 is 28.5 Å². The summed E-state index contributed by atoms with van der Waals surface area (Å²) in [5.74, 6) is 2.76. The number of anilines is 1. The van der Waals surface area contributed by atoms with Gasteiger partial charge in [-0.1, -0.05) is 0 Å². The van der Waals surface area contributed by atoms with Gasteiger partial charge in [0.1, 0.15) is 28.6 Å². The van der Waals surface area contributed by atoms with Crippen LogP contribution in [0.3, 0.4) is 0 Å². The number of amides is 2. The minimum absolute atomic E-state index is 0.0252. The molecule has 0 aliphatic carbocycles. The Morgan fingerprint density at radius 3 is 2.29 bits per heavy atom. The number of ether oxygens (including phenoxy) is 4. The lowest BCUT2D eigenvalue weighted by molar-refractivity contribution is -0.129. The van der Waals surface area contributed by atoms with Crippen LogP contribution in [0.2, 0.25) is 0 Å². The Morgan fingerprint density at radius 2 is 1.68 bits per heavy atom. The number of methoxy groups -OCH3 is 3. The molecule has 0 bridgehead atoms. The van der Waals surface area contributed by atoms with Crippen LogP contribution >= 0.6 is 0 Å². The van der Waals surface area contributed by atoms with Crippen molar-refractivity contribution in [2.24, 2.45) is 0 Å². The highest BCUT2D eigenvalue weighted by Crippen LogP contribution is 2.36. The molecule has 0 spiro atoms. The van der Waals surface area contributed by atoms with E-state index in [9.17, 15) is 9.59 Å². The van der Waals surface area contributed by atoms with Gasteiger partial charge in [-0.25, -0.2) is 4.98 Å². The monoisotopic (exact) mass is 562 g/mol. The third kappa shape index (κ3) is 6.17. The smallest absolute Gasteiger partial charge is 0.254 e. The van der Waals surface area contributed by atoms with Gasteiger partial charge in [0.15, 0.2) is 0 Å². The Morgan fingerprint density at radius 1 is 0.976 bits per heavy atom. The fraction of sp³-hybridized carbons (Fsp3) is 0.452. The molecule has 5 rings (SSSR count). The average Bonchev–Trinajstić information content (AvgIpc) is 3.52. The van der Waals surface area contributed by atoms with E-state index in [0.29, 0.717) is 74.2 Å². The Hall–Kier alpha value is -4.05. The van der Waals surface area contributed by atoms with Gasteiger partial charge in [0, 0.05) is 69.3 Å². The Labute approximate surface area is 240 Å². The highest BCUT2D eigenvalue weighted by Gasteiger charge is 2.28. The van der Waals surface area contributed by atoms with E-state index in [1.165, 1.54) is 0 Å². The topological polar surface area (TPSA) is 93.7 Å². The molecule has 0 saturated carbocycles. The van der Waals surface area contributed by atoms with E-state index in [1.807, 2.05) is 21.9 Å². The van der Waals surface area contributed by atoms with E-state index in [0.717, 1.165) is 29.6 Å². The summed E-state index contributed by atoms with van der Waals surface area (Å²) < 4.78 is 22.6. The molecule has 41 heavy (non-hydrogen) atoms. The van der Waals surface area contributed by atoms with Gasteiger partial charge >= 0.3 is 0 Å². The van der Waals surface area contributed by atoms with Crippen LogP contribution in [0.25, 0.3) is 10.9 Å². The Bertz CT molecular complexity index is 1380. The molecule has 2 aromatic carbocycles. The van der Waals surface area contributed by atoms with Crippen molar-refractivity contribution in [3.63, 3.8) is 0 Å². The fourth-order valence-corrected chi connectivity index (χ4v) is 5.58. The number of hydrogen-bond donors (Lipinski definition) is 0. The second kappa shape index (κ2) is 12.6. The summed E-state index contributed by atoms with van der Waals surface area (Å²) in [6, 6.07) is 12.9. The van der Waals surface area contributed by atoms with Crippen molar-refractivity contribution < 1.29 is 28.5 Å². The standard InChI is InChI=1S/C31H38N4O6/c1-21(36)33-13-15-34(16-14-33)30-23(18-26-27(39-3)11-12-28(40-4)29(26)32-30)19-35(20-25-6-5-17-41-25)31(37)22-7-9-24(38-2)10-8-22/h7-12,18,25H,5-6,13-17,19-20H2,1-4H3. The van der Waals surface area contributed by atoms with Gasteiger partial charge in [-0.05, 0) is 55.3 Å². The lowest BCUT2D eigenvalue weighted by Gasteiger charge is -2.36. The zero-order valence-electron chi connectivity index (χ0n) is 24.2. The van der Waals surface area contributed by atoms with Gasteiger partial charge in [0.05, 0.1) is 27.4 Å². The zero-order valence-corrected chi connectivity index (χ0v) is 24.2. The molecule has 2 fully saturated rings. The van der Waals surface area contributed by atoms with Crippen LogP contribution in [-0.2, 0) is 16.1 Å². The predicted molar refractivity (Wildman–Crippen MR) is 156 cm³/mol. The molecule has 1 aromatic heterocycles. The molecule has 218 valence electrons. The Balaban J connectivity index is 1.56. The normalized spacial score (nSPS) is 17.0. The van der Waals surface area contributed by atoms with E-state index < -0.39 is 0 Å². The van der Waals surface area contributed by atoms with Crippen molar-refractivity contribution in [1.82, 2.24) is 14.8 Å². The summed E-state index contributed by atoms with van der Waals surface area (Å²) in [6.45, 7) is 5.58. The minimum Gasteiger partial charge on any atom is -0.497 e. The fourth-order valence-electron chi connectivity index (χ4n) is 5.58. The maximum Gasteiger partial charge on any atom is 0.254 e. The van der Waals surface area contributed by atoms with Crippen molar-refractivity contribution in [3.05, 3.63) is 53.6 Å². The highest BCUT2D eigenvalue weighted by atomic mass is 16.5. The first-order valence-corrected chi connectivity index (χ1v) is 14.0. The number of piperazine rings is 1. The number of carbonyl (C=O) groups is 2. The largest absolute Gasteiger partial charge is 0.497 e. The first kappa shape index (κ1) is 28.5. The maximum atomic E-state index is 13.9. The van der Waals surface area contributed by atoms with E-state index in [-0.39, 0.29) is 17.9 Å². The van der Waals surface area contributed by atoms with Gasteiger partial charge in [0.25, 0.3) is 5.91 Å². The molecular weight excluding hydrogens is 524 g/mol. The Kier molecular flexibility index (Phi) is 8.78. The summed E-state index contributed by atoms with van der Waals surface area (Å²) >= 11 is 0. The molecule has 2 saturated heterocycles. The van der Waals surface area contributed by atoms with Crippen LogP contribution in [0.5, 0.6) is 17.2 Å². The second-order valence-corrected chi connectivity index (χ2v) is 10.4. The van der Waals surface area contributed by atoms with Crippen molar-refractivity contribution in [2.75, 3.05) is 65.6 Å². The number of aromatic nitrogens is 1. The lowest BCUT2D eigenvalue weighted by atomic mass is 10.1. The quantitative estimate of drug-likeness (QED) is 0.389. The SMILES string of the molecule is COc1ccc(C(=O)N(Cc2cc3c(OC)ccc(OC)c3nc2N2CCN(C(C)=O)CC2)CC2CCCO2)cc1. The van der Waals surface area contributed by atoms with Gasteiger partial charge < -0.3 is 33.6 Å². The van der Waals surface area contributed by atoms with Crippen LogP contribution in [0.1, 0.15) is 35.7 Å². The molecule has 0 N–H and O–H groups in total. The first-order chi connectivity index (χ1) is 19.9. The minimum atomic E-state index is -0.0896. The van der Waals surface area contributed by atoms with E-state index in [2.05, 4.69) is 11.0 Å². The summed E-state index contributed by atoms with van der Waals surface area (Å²) in [4.78, 5) is 36.9. The zero-order chi connectivity index (χ0) is 28.9. The van der Waals surface area contributed by atoms with E-state index in [1.54, 1.807) is 52.5 Å². The number of benzene rings is 2. The number of fused-ring (bicyclic) bond motifs is 1. The summed E-state index contributed by atoms with van der Waals surface area (Å²) in [6.07, 6.45) is 1.87. The number of pyridine rings is 1. The average molecular weight is 563 g/mol. The molecule has 3 aromatic rings. The number of carbonyl (C=O) groups excluding carboxylic acids is 2. The molecule has 0 radical (unpaired) electrons. The number of rotatable bonds is 9. The summed E-state index contributed by atoms with van der Waals surface area (Å²) in [7, 11) is 4.86. The van der Waals surface area contributed by atoms with Crippen LogP contribution in [0, 0.1) is 0 Å². The van der Waals surface area contributed by atoms with Crippen LogP contribution < -0.4 is 19.1 Å². The molecule has 2 aliphatic heterocycles. The molecule has 1 unspecified atom stereocenters. The number of nitrogens with zero attached hydrogens (tertiary/aromatic N) is 4. The molecule has 1 atom stereocenters. The van der Waals surface area contributed by atoms with Crippen LogP contribution in [-0.4, -0.2) is 93.4 Å². The molecular formula is C31H38N4O6. The van der Waals surface area contributed by atoms with Gasteiger partial charge in [-0.15, -0.1) is 0 Å². The van der Waals surface area contributed by atoms with E-state index in [4.69, 9.17) is 23.9 Å². The maximum absolute atomic E-state index is 13.9. The second-order valence-electron chi connectivity index (χ2n) is 10.4. The molecule has 3 heterocycles. The first-order valence-electron chi connectivity index (χ1n) is 14.0. The molecule has 10 heteroatoms. The molecule has 2 amide bonds. The van der Waals surface area contributed by atoms with E-state index >= 15 is 0 Å². The van der Waals surface area contributed by atoms with Crippen molar-refractivity contribution in [1.29, 1.82) is 0 Å². The van der Waals surface area contributed by atoms with Crippen molar-refractivity contribution in [2.45, 2.75) is 32.4 Å². The third-order valence-corrected chi connectivity index (χ3v) is 7.86.